The molecule has 17 heavy (non-hydrogen) atoms. The fourth-order valence-corrected chi connectivity index (χ4v) is 1.39. The maximum Gasteiger partial charge on any atom is 0.392 e. The van der Waals surface area contributed by atoms with Crippen LogP contribution >= 0.6 is 0 Å². The van der Waals surface area contributed by atoms with Gasteiger partial charge in [-0.2, -0.15) is 13.2 Å². The summed E-state index contributed by atoms with van der Waals surface area (Å²) < 4.78 is 40.9. The Kier molecular flexibility index (Phi) is 4.40. The van der Waals surface area contributed by atoms with Crippen molar-refractivity contribution in [3.05, 3.63) is 29.3 Å². The summed E-state index contributed by atoms with van der Waals surface area (Å²) in [4.78, 5) is 0. The number of benzene rings is 1. The van der Waals surface area contributed by atoms with Gasteiger partial charge in [0.1, 0.15) is 5.75 Å². The predicted octanol–water partition coefficient (Wildman–Crippen LogP) is 3.35. The lowest BCUT2D eigenvalue weighted by atomic mass is 10.1. The number of hydrogen-bond donors (Lipinski definition) is 1. The molecule has 5 heteroatoms. The topological polar surface area (TPSA) is 35.2 Å². The van der Waals surface area contributed by atoms with E-state index >= 15 is 0 Å². The fourth-order valence-electron chi connectivity index (χ4n) is 1.39. The maximum atomic E-state index is 11.9. The molecule has 1 aromatic rings. The van der Waals surface area contributed by atoms with Crippen LogP contribution in [-0.4, -0.2) is 12.8 Å². The summed E-state index contributed by atoms with van der Waals surface area (Å²) in [7, 11) is 0. The van der Waals surface area contributed by atoms with Crippen LogP contribution in [0.1, 0.15) is 30.5 Å². The van der Waals surface area contributed by atoms with E-state index in [2.05, 4.69) is 0 Å². The zero-order valence-corrected chi connectivity index (χ0v) is 9.84. The molecule has 0 unspecified atom stereocenters. The number of halogens is 3. The second kappa shape index (κ2) is 5.40. The Morgan fingerprint density at radius 3 is 2.47 bits per heavy atom. The highest BCUT2D eigenvalue weighted by Crippen LogP contribution is 2.24. The molecule has 2 nitrogen and oxygen atoms in total. The third-order valence-electron chi connectivity index (χ3n) is 2.37. The van der Waals surface area contributed by atoms with Crippen LogP contribution in [-0.2, 0) is 0 Å². The molecule has 0 spiro atoms. The number of ether oxygens (including phenoxy) is 1. The van der Waals surface area contributed by atoms with Crippen LogP contribution < -0.4 is 10.5 Å². The highest BCUT2D eigenvalue weighted by atomic mass is 19.4. The van der Waals surface area contributed by atoms with Crippen molar-refractivity contribution in [1.82, 2.24) is 0 Å². The molecular weight excluding hydrogens is 231 g/mol. The van der Waals surface area contributed by atoms with E-state index in [0.717, 1.165) is 11.1 Å². The van der Waals surface area contributed by atoms with E-state index in [1.54, 1.807) is 19.1 Å². The number of hydrogen-bond acceptors (Lipinski definition) is 2. The predicted molar refractivity (Wildman–Crippen MR) is 59.9 cm³/mol. The second-order valence-corrected chi connectivity index (χ2v) is 4.03. The molecular formula is C12H16F3NO. The van der Waals surface area contributed by atoms with Crippen molar-refractivity contribution < 1.29 is 17.9 Å². The van der Waals surface area contributed by atoms with Crippen LogP contribution in [0.25, 0.3) is 0 Å². The first-order valence-corrected chi connectivity index (χ1v) is 5.35. The lowest BCUT2D eigenvalue weighted by Crippen LogP contribution is -2.13. The molecule has 0 aliphatic heterocycles. The average Bonchev–Trinajstić information content (AvgIpc) is 2.18. The smallest absolute Gasteiger partial charge is 0.392 e. The van der Waals surface area contributed by atoms with E-state index in [0.29, 0.717) is 5.75 Å². The fraction of sp³-hybridized carbons (Fsp3) is 0.500. The van der Waals surface area contributed by atoms with Crippen molar-refractivity contribution in [3.8, 4) is 5.75 Å². The first-order chi connectivity index (χ1) is 7.79. The Balaban J connectivity index is 2.61. The summed E-state index contributed by atoms with van der Waals surface area (Å²) in [6.45, 7) is 3.27. The molecule has 0 aromatic heterocycles. The lowest BCUT2D eigenvalue weighted by molar-refractivity contribution is -0.139. The third-order valence-corrected chi connectivity index (χ3v) is 2.37. The second-order valence-electron chi connectivity index (χ2n) is 4.03. The van der Waals surface area contributed by atoms with E-state index in [-0.39, 0.29) is 12.6 Å². The number of nitrogens with two attached hydrogens (primary N) is 1. The van der Waals surface area contributed by atoms with Crippen molar-refractivity contribution in [1.29, 1.82) is 0 Å². The van der Waals surface area contributed by atoms with Gasteiger partial charge in [0.25, 0.3) is 0 Å². The molecule has 0 amide bonds. The molecule has 0 fully saturated rings. The van der Waals surface area contributed by atoms with Gasteiger partial charge in [-0.1, -0.05) is 12.1 Å². The summed E-state index contributed by atoms with van der Waals surface area (Å²) in [5, 5.41) is 0. The Labute approximate surface area is 98.6 Å². The quantitative estimate of drug-likeness (QED) is 0.885. The molecule has 1 rings (SSSR count). The Bertz CT molecular complexity index is 375. The van der Waals surface area contributed by atoms with Crippen LogP contribution in [0.2, 0.25) is 0 Å². The summed E-state index contributed by atoms with van der Waals surface area (Å²) >= 11 is 0. The highest BCUT2D eigenvalue weighted by Gasteiger charge is 2.26. The van der Waals surface area contributed by atoms with Crippen molar-refractivity contribution in [2.75, 3.05) is 6.61 Å². The first kappa shape index (κ1) is 13.8. The zero-order valence-electron chi connectivity index (χ0n) is 9.84. The minimum atomic E-state index is -4.18. The van der Waals surface area contributed by atoms with Gasteiger partial charge in [-0.3, -0.25) is 0 Å². The van der Waals surface area contributed by atoms with Gasteiger partial charge in [-0.05, 0) is 31.0 Å². The van der Waals surface area contributed by atoms with Crippen molar-refractivity contribution in [2.24, 2.45) is 5.73 Å². The molecule has 1 atom stereocenters. The normalized spacial score (nSPS) is 13.5. The van der Waals surface area contributed by atoms with E-state index in [1.807, 2.05) is 13.0 Å². The molecule has 0 aliphatic rings. The average molecular weight is 247 g/mol. The minimum Gasteiger partial charge on any atom is -0.493 e. The van der Waals surface area contributed by atoms with Crippen LogP contribution in [0, 0.1) is 6.92 Å². The van der Waals surface area contributed by atoms with Crippen LogP contribution in [0.5, 0.6) is 5.75 Å². The van der Waals surface area contributed by atoms with E-state index in [1.165, 1.54) is 0 Å². The van der Waals surface area contributed by atoms with Gasteiger partial charge in [0, 0.05) is 6.04 Å². The molecule has 2 N–H and O–H groups in total. The number of aryl methyl sites for hydroxylation is 1. The van der Waals surface area contributed by atoms with Crippen molar-refractivity contribution >= 4 is 0 Å². The van der Waals surface area contributed by atoms with Gasteiger partial charge in [-0.15, -0.1) is 0 Å². The third kappa shape index (κ3) is 4.65. The molecule has 0 radical (unpaired) electrons. The van der Waals surface area contributed by atoms with Gasteiger partial charge in [0.15, 0.2) is 0 Å². The van der Waals surface area contributed by atoms with Gasteiger partial charge in [0.2, 0.25) is 0 Å². The monoisotopic (exact) mass is 247 g/mol. The van der Waals surface area contributed by atoms with Crippen molar-refractivity contribution in [2.45, 2.75) is 32.5 Å². The molecule has 0 heterocycles. The molecule has 96 valence electrons. The highest BCUT2D eigenvalue weighted by molar-refractivity contribution is 5.37. The Morgan fingerprint density at radius 2 is 2.00 bits per heavy atom. The van der Waals surface area contributed by atoms with E-state index in [4.69, 9.17) is 10.5 Å². The standard InChI is InChI=1S/C12H16F3NO/c1-8-7-10(9(2)16)3-4-11(8)17-6-5-12(13,14)15/h3-4,7,9H,5-6,16H2,1-2H3/t9-/m1/s1. The maximum absolute atomic E-state index is 11.9. The molecule has 0 saturated heterocycles. The van der Waals surface area contributed by atoms with E-state index < -0.39 is 12.6 Å². The van der Waals surface area contributed by atoms with Gasteiger partial charge >= 0.3 is 6.18 Å². The van der Waals surface area contributed by atoms with E-state index in [9.17, 15) is 13.2 Å². The molecule has 0 saturated carbocycles. The lowest BCUT2D eigenvalue weighted by Gasteiger charge is -2.13. The Hall–Kier alpha value is -1.23. The van der Waals surface area contributed by atoms with Crippen LogP contribution in [0.15, 0.2) is 18.2 Å². The minimum absolute atomic E-state index is 0.0991. The SMILES string of the molecule is Cc1cc([C@@H](C)N)ccc1OCCC(F)(F)F. The van der Waals surface area contributed by atoms with Gasteiger partial charge in [0.05, 0.1) is 13.0 Å². The van der Waals surface area contributed by atoms with Crippen molar-refractivity contribution in [3.63, 3.8) is 0 Å². The molecule has 1 aromatic carbocycles. The molecule has 0 bridgehead atoms. The summed E-state index contributed by atoms with van der Waals surface area (Å²) in [6.07, 6.45) is -5.12. The zero-order chi connectivity index (χ0) is 13.1. The van der Waals surface area contributed by atoms with Gasteiger partial charge < -0.3 is 10.5 Å². The largest absolute Gasteiger partial charge is 0.493 e. The summed E-state index contributed by atoms with van der Waals surface area (Å²) in [5.74, 6) is 0.471. The first-order valence-electron chi connectivity index (χ1n) is 5.35. The number of rotatable bonds is 4. The van der Waals surface area contributed by atoms with Crippen LogP contribution in [0.4, 0.5) is 13.2 Å². The van der Waals surface area contributed by atoms with Crippen LogP contribution in [0.3, 0.4) is 0 Å². The Morgan fingerprint density at radius 1 is 1.35 bits per heavy atom. The molecule has 0 aliphatic carbocycles. The summed E-state index contributed by atoms with van der Waals surface area (Å²) in [5.41, 5.74) is 7.43. The summed E-state index contributed by atoms with van der Waals surface area (Å²) in [6, 6.07) is 5.15. The van der Waals surface area contributed by atoms with Gasteiger partial charge in [-0.25, -0.2) is 0 Å². The number of alkyl halides is 3.